The standard InChI is InChI=1S/C11H15NO2/c1-10(12(13)14)6-5-9-11-7-3-2-4-8-11/h2-4,7-8,10H,5-6,9H2,1H3/t10-/m0/s1. The van der Waals surface area contributed by atoms with Crippen molar-refractivity contribution in [2.45, 2.75) is 32.2 Å². The van der Waals surface area contributed by atoms with Gasteiger partial charge in [-0.3, -0.25) is 10.1 Å². The number of nitrogens with zero attached hydrogens (tertiary/aromatic N) is 1. The normalized spacial score (nSPS) is 12.4. The van der Waals surface area contributed by atoms with Gasteiger partial charge in [-0.25, -0.2) is 0 Å². The first-order chi connectivity index (χ1) is 6.70. The molecule has 0 unspecified atom stereocenters. The van der Waals surface area contributed by atoms with Gasteiger partial charge in [0.15, 0.2) is 0 Å². The van der Waals surface area contributed by atoms with Crippen LogP contribution in [0.5, 0.6) is 0 Å². The van der Waals surface area contributed by atoms with Crippen molar-refractivity contribution >= 4 is 0 Å². The van der Waals surface area contributed by atoms with Gasteiger partial charge in [0.2, 0.25) is 6.04 Å². The molecule has 1 atom stereocenters. The van der Waals surface area contributed by atoms with Crippen molar-refractivity contribution in [3.8, 4) is 0 Å². The Morgan fingerprint density at radius 2 is 2.00 bits per heavy atom. The molecule has 0 heterocycles. The number of hydrogen-bond donors (Lipinski definition) is 0. The second-order valence-electron chi connectivity index (χ2n) is 3.51. The number of aryl methyl sites for hydroxylation is 1. The van der Waals surface area contributed by atoms with E-state index in [1.807, 2.05) is 18.2 Å². The van der Waals surface area contributed by atoms with Crippen molar-refractivity contribution in [1.82, 2.24) is 0 Å². The summed E-state index contributed by atoms with van der Waals surface area (Å²) >= 11 is 0. The van der Waals surface area contributed by atoms with Crippen LogP contribution in [0.3, 0.4) is 0 Å². The molecule has 0 spiro atoms. The Balaban J connectivity index is 2.26. The lowest BCUT2D eigenvalue weighted by molar-refractivity contribution is -0.519. The predicted octanol–water partition coefficient (Wildman–Crippen LogP) is 2.67. The van der Waals surface area contributed by atoms with Crippen LogP contribution in [0.4, 0.5) is 0 Å². The Morgan fingerprint density at radius 1 is 1.36 bits per heavy atom. The summed E-state index contributed by atoms with van der Waals surface area (Å²) < 4.78 is 0. The van der Waals surface area contributed by atoms with Gasteiger partial charge in [0.1, 0.15) is 0 Å². The Morgan fingerprint density at radius 3 is 2.57 bits per heavy atom. The van der Waals surface area contributed by atoms with Gasteiger partial charge < -0.3 is 0 Å². The number of rotatable bonds is 5. The number of hydrogen-bond acceptors (Lipinski definition) is 2. The molecule has 0 saturated heterocycles. The van der Waals surface area contributed by atoms with Crippen molar-refractivity contribution in [2.75, 3.05) is 0 Å². The fraction of sp³-hybridized carbons (Fsp3) is 0.455. The molecule has 0 radical (unpaired) electrons. The molecular formula is C11H15NO2. The largest absolute Gasteiger partial charge is 0.264 e. The summed E-state index contributed by atoms with van der Waals surface area (Å²) in [6.07, 6.45) is 2.47. The van der Waals surface area contributed by atoms with Crippen molar-refractivity contribution in [2.24, 2.45) is 0 Å². The zero-order valence-corrected chi connectivity index (χ0v) is 8.35. The van der Waals surface area contributed by atoms with Gasteiger partial charge in [-0.1, -0.05) is 30.3 Å². The number of benzene rings is 1. The first-order valence-corrected chi connectivity index (χ1v) is 4.87. The maximum absolute atomic E-state index is 10.3. The molecule has 0 aliphatic heterocycles. The lowest BCUT2D eigenvalue weighted by Gasteiger charge is -2.03. The van der Waals surface area contributed by atoms with E-state index in [1.54, 1.807) is 6.92 Å². The Bertz CT molecular complexity index is 285. The number of nitro groups is 1. The topological polar surface area (TPSA) is 43.1 Å². The monoisotopic (exact) mass is 193 g/mol. The highest BCUT2D eigenvalue weighted by Crippen LogP contribution is 2.07. The van der Waals surface area contributed by atoms with E-state index in [4.69, 9.17) is 0 Å². The molecule has 1 aromatic carbocycles. The SMILES string of the molecule is C[C@@H](CCCc1ccccc1)[N+](=O)[O-]. The van der Waals surface area contributed by atoms with Crippen molar-refractivity contribution in [3.05, 3.63) is 46.0 Å². The molecule has 0 saturated carbocycles. The zero-order valence-electron chi connectivity index (χ0n) is 8.35. The first kappa shape index (κ1) is 10.7. The van der Waals surface area contributed by atoms with Crippen LogP contribution in [0.15, 0.2) is 30.3 Å². The van der Waals surface area contributed by atoms with E-state index in [0.29, 0.717) is 6.42 Å². The van der Waals surface area contributed by atoms with Crippen LogP contribution in [0.1, 0.15) is 25.3 Å². The lowest BCUT2D eigenvalue weighted by Crippen LogP contribution is -2.14. The second-order valence-corrected chi connectivity index (χ2v) is 3.51. The molecule has 14 heavy (non-hydrogen) atoms. The maximum Gasteiger partial charge on any atom is 0.210 e. The summed E-state index contributed by atoms with van der Waals surface area (Å²) in [7, 11) is 0. The van der Waals surface area contributed by atoms with E-state index in [-0.39, 0.29) is 4.92 Å². The molecule has 3 nitrogen and oxygen atoms in total. The average molecular weight is 193 g/mol. The molecule has 76 valence electrons. The molecule has 0 aliphatic rings. The second kappa shape index (κ2) is 5.37. The highest BCUT2D eigenvalue weighted by molar-refractivity contribution is 5.14. The summed E-state index contributed by atoms with van der Waals surface area (Å²) in [4.78, 5) is 10.1. The minimum atomic E-state index is -0.418. The molecule has 0 fully saturated rings. The van der Waals surface area contributed by atoms with Crippen LogP contribution in [-0.2, 0) is 6.42 Å². The van der Waals surface area contributed by atoms with Crippen LogP contribution < -0.4 is 0 Å². The van der Waals surface area contributed by atoms with E-state index in [0.717, 1.165) is 12.8 Å². The Hall–Kier alpha value is -1.38. The molecule has 0 amide bonds. The molecule has 1 rings (SSSR count). The predicted molar refractivity (Wildman–Crippen MR) is 55.8 cm³/mol. The van der Waals surface area contributed by atoms with Crippen molar-refractivity contribution < 1.29 is 4.92 Å². The fourth-order valence-corrected chi connectivity index (χ4v) is 1.35. The lowest BCUT2D eigenvalue weighted by atomic mass is 10.1. The third-order valence-electron chi connectivity index (χ3n) is 2.29. The smallest absolute Gasteiger partial charge is 0.210 e. The molecule has 0 N–H and O–H groups in total. The van der Waals surface area contributed by atoms with Gasteiger partial charge in [0, 0.05) is 18.3 Å². The Labute approximate surface area is 83.9 Å². The quantitative estimate of drug-likeness (QED) is 0.533. The molecule has 0 bridgehead atoms. The summed E-state index contributed by atoms with van der Waals surface area (Å²) in [5, 5.41) is 10.3. The summed E-state index contributed by atoms with van der Waals surface area (Å²) in [5.74, 6) is 0. The molecule has 1 aromatic rings. The molecule has 0 aromatic heterocycles. The van der Waals surface area contributed by atoms with Crippen LogP contribution in [0.2, 0.25) is 0 Å². The van der Waals surface area contributed by atoms with E-state index in [2.05, 4.69) is 12.1 Å². The minimum Gasteiger partial charge on any atom is -0.264 e. The van der Waals surface area contributed by atoms with Crippen LogP contribution in [-0.4, -0.2) is 11.0 Å². The van der Waals surface area contributed by atoms with E-state index < -0.39 is 6.04 Å². The van der Waals surface area contributed by atoms with Crippen molar-refractivity contribution in [3.63, 3.8) is 0 Å². The van der Waals surface area contributed by atoms with Gasteiger partial charge in [0.25, 0.3) is 0 Å². The van der Waals surface area contributed by atoms with E-state index >= 15 is 0 Å². The summed E-state index contributed by atoms with van der Waals surface area (Å²) in [6, 6.07) is 9.65. The van der Waals surface area contributed by atoms with E-state index in [1.165, 1.54) is 5.56 Å². The maximum atomic E-state index is 10.3. The van der Waals surface area contributed by atoms with Gasteiger partial charge >= 0.3 is 0 Å². The van der Waals surface area contributed by atoms with Gasteiger partial charge in [-0.2, -0.15) is 0 Å². The zero-order chi connectivity index (χ0) is 10.4. The van der Waals surface area contributed by atoms with Gasteiger partial charge in [0.05, 0.1) is 0 Å². The molecule has 0 aliphatic carbocycles. The molecule has 3 heteroatoms. The molecular weight excluding hydrogens is 178 g/mol. The Kier molecular flexibility index (Phi) is 4.11. The summed E-state index contributed by atoms with van der Waals surface area (Å²) in [6.45, 7) is 1.66. The first-order valence-electron chi connectivity index (χ1n) is 4.87. The highest BCUT2D eigenvalue weighted by atomic mass is 16.6. The third kappa shape index (κ3) is 3.56. The van der Waals surface area contributed by atoms with Gasteiger partial charge in [-0.15, -0.1) is 0 Å². The minimum absolute atomic E-state index is 0.217. The fourth-order valence-electron chi connectivity index (χ4n) is 1.35. The average Bonchev–Trinajstić information content (AvgIpc) is 2.19. The third-order valence-corrected chi connectivity index (χ3v) is 2.29. The van der Waals surface area contributed by atoms with Gasteiger partial charge in [-0.05, 0) is 18.4 Å². The van der Waals surface area contributed by atoms with Crippen LogP contribution >= 0.6 is 0 Å². The summed E-state index contributed by atoms with van der Waals surface area (Å²) in [5.41, 5.74) is 1.25. The van der Waals surface area contributed by atoms with Crippen molar-refractivity contribution in [1.29, 1.82) is 0 Å². The van der Waals surface area contributed by atoms with E-state index in [9.17, 15) is 10.1 Å². The van der Waals surface area contributed by atoms with Crippen LogP contribution in [0, 0.1) is 10.1 Å². The highest BCUT2D eigenvalue weighted by Gasteiger charge is 2.11. The van der Waals surface area contributed by atoms with Crippen LogP contribution in [0.25, 0.3) is 0 Å².